The van der Waals surface area contributed by atoms with Gasteiger partial charge in [0, 0.05) is 6.04 Å². The zero-order valence-electron chi connectivity index (χ0n) is 16.5. The van der Waals surface area contributed by atoms with Gasteiger partial charge in [-0.15, -0.1) is 0 Å². The fourth-order valence-corrected chi connectivity index (χ4v) is 4.97. The molecule has 0 saturated carbocycles. The van der Waals surface area contributed by atoms with Gasteiger partial charge in [-0.25, -0.2) is 13.1 Å². The highest BCUT2D eigenvalue weighted by atomic mass is 32.2. The molecular weight excluding hydrogens is 346 g/mol. The van der Waals surface area contributed by atoms with Crippen LogP contribution in [0.15, 0.2) is 47.4 Å². The monoisotopic (exact) mass is 375 g/mol. The first-order chi connectivity index (χ1) is 12.1. The van der Waals surface area contributed by atoms with Crippen LogP contribution < -0.4 is 9.46 Å². The lowest BCUT2D eigenvalue weighted by molar-refractivity contribution is 0.410. The molecule has 0 heterocycles. The van der Waals surface area contributed by atoms with Crippen LogP contribution in [0.4, 0.5) is 0 Å². The highest BCUT2D eigenvalue weighted by molar-refractivity contribution is 7.89. The highest BCUT2D eigenvalue weighted by Gasteiger charge is 2.27. The first kappa shape index (κ1) is 20.5. The average molecular weight is 376 g/mol. The fraction of sp³-hybridized carbons (Fsp3) is 0.429. The highest BCUT2D eigenvalue weighted by Crippen LogP contribution is 2.29. The summed E-state index contributed by atoms with van der Waals surface area (Å²) in [6.07, 6.45) is 0.699. The van der Waals surface area contributed by atoms with Gasteiger partial charge in [-0.2, -0.15) is 0 Å². The molecule has 0 spiro atoms. The van der Waals surface area contributed by atoms with Crippen LogP contribution >= 0.6 is 0 Å². The molecule has 0 aliphatic heterocycles. The van der Waals surface area contributed by atoms with Gasteiger partial charge in [0.25, 0.3) is 0 Å². The van der Waals surface area contributed by atoms with E-state index in [9.17, 15) is 8.42 Å². The summed E-state index contributed by atoms with van der Waals surface area (Å²) in [4.78, 5) is 0.306. The summed E-state index contributed by atoms with van der Waals surface area (Å²) in [7, 11) is -2.01. The quantitative estimate of drug-likeness (QED) is 0.783. The van der Waals surface area contributed by atoms with Gasteiger partial charge in [-0.3, -0.25) is 0 Å². The number of methoxy groups -OCH3 is 1. The van der Waals surface area contributed by atoms with E-state index in [0.717, 1.165) is 5.56 Å². The summed E-state index contributed by atoms with van der Waals surface area (Å²) in [5.41, 5.74) is 2.54. The fourth-order valence-electron chi connectivity index (χ4n) is 3.42. The van der Waals surface area contributed by atoms with E-state index in [1.807, 2.05) is 32.0 Å². The van der Waals surface area contributed by atoms with Crippen molar-refractivity contribution in [1.29, 1.82) is 0 Å². The molecule has 0 aromatic heterocycles. The van der Waals surface area contributed by atoms with Crippen molar-refractivity contribution in [3.8, 4) is 5.75 Å². The van der Waals surface area contributed by atoms with E-state index in [-0.39, 0.29) is 11.5 Å². The van der Waals surface area contributed by atoms with Crippen LogP contribution in [0.3, 0.4) is 0 Å². The smallest absolute Gasteiger partial charge is 0.241 e. The van der Waals surface area contributed by atoms with E-state index in [2.05, 4.69) is 30.7 Å². The molecule has 0 aliphatic rings. The Balaban J connectivity index is 2.20. The maximum atomic E-state index is 12.9. The van der Waals surface area contributed by atoms with Gasteiger partial charge in [0.05, 0.1) is 12.0 Å². The molecule has 0 unspecified atom stereocenters. The lowest BCUT2D eigenvalue weighted by atomic mass is 9.79. The molecule has 2 rings (SSSR count). The number of aryl methyl sites for hydroxylation is 2. The molecular formula is C21H29NO3S. The lowest BCUT2D eigenvalue weighted by Crippen LogP contribution is -2.37. The molecule has 2 aromatic carbocycles. The van der Waals surface area contributed by atoms with Gasteiger partial charge in [0.1, 0.15) is 5.75 Å². The van der Waals surface area contributed by atoms with Crippen LogP contribution in [0.2, 0.25) is 0 Å². The molecule has 4 nitrogen and oxygen atoms in total. The van der Waals surface area contributed by atoms with Gasteiger partial charge in [-0.1, -0.05) is 44.2 Å². The van der Waals surface area contributed by atoms with Crippen molar-refractivity contribution < 1.29 is 13.2 Å². The second kappa shape index (κ2) is 7.80. The molecule has 5 heteroatoms. The minimum absolute atomic E-state index is 0.131. The SMILES string of the molecule is COc1cc(C)c(S(=O)(=O)N[C@@H](C)CC(C)(C)c2ccccc2)cc1C. The van der Waals surface area contributed by atoms with Crippen molar-refractivity contribution in [2.24, 2.45) is 0 Å². The van der Waals surface area contributed by atoms with Crippen LogP contribution in [0.1, 0.15) is 43.9 Å². The predicted molar refractivity (Wildman–Crippen MR) is 106 cm³/mol. The molecule has 0 bridgehead atoms. The topological polar surface area (TPSA) is 55.4 Å². The molecule has 0 aliphatic carbocycles. The van der Waals surface area contributed by atoms with Crippen molar-refractivity contribution in [1.82, 2.24) is 4.72 Å². The van der Waals surface area contributed by atoms with Gasteiger partial charge >= 0.3 is 0 Å². The third kappa shape index (κ3) is 4.65. The summed E-state index contributed by atoms with van der Waals surface area (Å²) >= 11 is 0. The lowest BCUT2D eigenvalue weighted by Gasteiger charge is -2.29. The second-order valence-corrected chi connectivity index (χ2v) is 9.25. The van der Waals surface area contributed by atoms with E-state index >= 15 is 0 Å². The van der Waals surface area contributed by atoms with Crippen molar-refractivity contribution >= 4 is 10.0 Å². The number of ether oxygens (including phenoxy) is 1. The van der Waals surface area contributed by atoms with E-state index in [1.165, 1.54) is 5.56 Å². The van der Waals surface area contributed by atoms with Crippen molar-refractivity contribution in [3.05, 3.63) is 59.2 Å². The molecule has 2 aromatic rings. The largest absolute Gasteiger partial charge is 0.496 e. The Morgan fingerprint density at radius 1 is 1.08 bits per heavy atom. The number of hydrogen-bond acceptors (Lipinski definition) is 3. The first-order valence-corrected chi connectivity index (χ1v) is 10.3. The zero-order chi connectivity index (χ0) is 19.5. The second-order valence-electron chi connectivity index (χ2n) is 7.56. The number of nitrogens with one attached hydrogen (secondary N) is 1. The van der Waals surface area contributed by atoms with Crippen LogP contribution in [0, 0.1) is 13.8 Å². The Bertz CT molecular complexity index is 858. The van der Waals surface area contributed by atoms with Crippen LogP contribution in [-0.2, 0) is 15.4 Å². The summed E-state index contributed by atoms with van der Waals surface area (Å²) in [5, 5.41) is 0. The van der Waals surface area contributed by atoms with Gasteiger partial charge < -0.3 is 4.74 Å². The Morgan fingerprint density at radius 2 is 1.69 bits per heavy atom. The van der Waals surface area contributed by atoms with E-state index < -0.39 is 10.0 Å². The summed E-state index contributed by atoms with van der Waals surface area (Å²) in [6, 6.07) is 13.4. The van der Waals surface area contributed by atoms with Crippen LogP contribution in [0.25, 0.3) is 0 Å². The molecule has 0 amide bonds. The van der Waals surface area contributed by atoms with Crippen LogP contribution in [-0.4, -0.2) is 21.6 Å². The molecule has 1 N–H and O–H groups in total. The molecule has 26 heavy (non-hydrogen) atoms. The third-order valence-corrected chi connectivity index (χ3v) is 6.44. The van der Waals surface area contributed by atoms with Gasteiger partial charge in [0.2, 0.25) is 10.0 Å². The number of hydrogen-bond donors (Lipinski definition) is 1. The Labute approximate surface area is 157 Å². The maximum absolute atomic E-state index is 12.9. The summed E-state index contributed by atoms with van der Waals surface area (Å²) in [6.45, 7) is 9.81. The third-order valence-electron chi connectivity index (χ3n) is 4.71. The van der Waals surface area contributed by atoms with Crippen molar-refractivity contribution in [2.75, 3.05) is 7.11 Å². The standard InChI is InChI=1S/C21H29NO3S/c1-15-13-20(16(2)12-19(15)25-6)26(23,24)22-17(3)14-21(4,5)18-10-8-7-9-11-18/h7-13,17,22H,14H2,1-6H3/t17-/m0/s1. The minimum atomic E-state index is -3.60. The Kier molecular flexibility index (Phi) is 6.14. The number of rotatable bonds is 7. The van der Waals surface area contributed by atoms with E-state index in [0.29, 0.717) is 22.6 Å². The van der Waals surface area contributed by atoms with Gasteiger partial charge in [0.15, 0.2) is 0 Å². The summed E-state index contributed by atoms with van der Waals surface area (Å²) in [5.74, 6) is 0.694. The van der Waals surface area contributed by atoms with Crippen molar-refractivity contribution in [3.63, 3.8) is 0 Å². The molecule has 1 atom stereocenters. The first-order valence-electron chi connectivity index (χ1n) is 8.80. The average Bonchev–Trinajstić information content (AvgIpc) is 2.56. The molecule has 142 valence electrons. The summed E-state index contributed by atoms with van der Waals surface area (Å²) < 4.78 is 33.9. The normalized spacial score (nSPS) is 13.5. The predicted octanol–water partition coefficient (Wildman–Crippen LogP) is 4.35. The molecule has 0 fully saturated rings. The maximum Gasteiger partial charge on any atom is 0.241 e. The van der Waals surface area contributed by atoms with E-state index in [1.54, 1.807) is 26.2 Å². The van der Waals surface area contributed by atoms with E-state index in [4.69, 9.17) is 4.74 Å². The molecule has 0 radical (unpaired) electrons. The Hall–Kier alpha value is -1.85. The molecule has 0 saturated heterocycles. The van der Waals surface area contributed by atoms with Crippen molar-refractivity contribution in [2.45, 2.75) is 57.4 Å². The van der Waals surface area contributed by atoms with Crippen LogP contribution in [0.5, 0.6) is 5.75 Å². The zero-order valence-corrected chi connectivity index (χ0v) is 17.3. The van der Waals surface area contributed by atoms with Gasteiger partial charge in [-0.05, 0) is 61.4 Å². The number of benzene rings is 2. The Morgan fingerprint density at radius 3 is 2.27 bits per heavy atom. The minimum Gasteiger partial charge on any atom is -0.496 e. The number of sulfonamides is 1.